The van der Waals surface area contributed by atoms with Gasteiger partial charge in [-0.1, -0.05) is 6.92 Å². The van der Waals surface area contributed by atoms with Crippen LogP contribution >= 0.6 is 11.5 Å². The van der Waals surface area contributed by atoms with E-state index in [4.69, 9.17) is 0 Å². The van der Waals surface area contributed by atoms with E-state index in [0.717, 1.165) is 41.7 Å². The van der Waals surface area contributed by atoms with Crippen molar-refractivity contribution in [2.45, 2.75) is 32.2 Å². The second-order valence-electron chi connectivity index (χ2n) is 4.04. The van der Waals surface area contributed by atoms with Crippen molar-refractivity contribution in [3.63, 3.8) is 0 Å². The van der Waals surface area contributed by atoms with E-state index in [9.17, 15) is 4.21 Å². The van der Waals surface area contributed by atoms with Crippen LogP contribution in [0.4, 0.5) is 5.13 Å². The fourth-order valence-corrected chi connectivity index (χ4v) is 3.91. The van der Waals surface area contributed by atoms with Crippen LogP contribution < -0.4 is 4.90 Å². The minimum absolute atomic E-state index is 0.482. The molecule has 1 aromatic heterocycles. The standard InChI is InChI=1S/C10H17N3OS2/c1-3-9-11-10(15-12-9)13(2)8-4-6-16(14)7-5-8/h8H,3-7H2,1-2H3. The van der Waals surface area contributed by atoms with E-state index >= 15 is 0 Å². The maximum absolute atomic E-state index is 11.3. The third-order valence-electron chi connectivity index (χ3n) is 2.98. The van der Waals surface area contributed by atoms with Crippen molar-refractivity contribution in [1.82, 2.24) is 9.36 Å². The van der Waals surface area contributed by atoms with Crippen molar-refractivity contribution < 1.29 is 4.21 Å². The maximum Gasteiger partial charge on any atom is 0.205 e. The first-order valence-corrected chi connectivity index (χ1v) is 7.87. The van der Waals surface area contributed by atoms with Gasteiger partial charge in [0.2, 0.25) is 5.13 Å². The van der Waals surface area contributed by atoms with E-state index < -0.39 is 10.8 Å². The Balaban J connectivity index is 2.01. The Morgan fingerprint density at radius 1 is 1.50 bits per heavy atom. The van der Waals surface area contributed by atoms with Gasteiger partial charge in [-0.05, 0) is 12.8 Å². The predicted octanol–water partition coefficient (Wildman–Crippen LogP) is 1.45. The van der Waals surface area contributed by atoms with Crippen molar-refractivity contribution in [3.05, 3.63) is 5.82 Å². The molecule has 0 radical (unpaired) electrons. The van der Waals surface area contributed by atoms with Crippen molar-refractivity contribution in [2.24, 2.45) is 0 Å². The Kier molecular flexibility index (Phi) is 3.91. The highest BCUT2D eigenvalue weighted by Crippen LogP contribution is 2.23. The van der Waals surface area contributed by atoms with Gasteiger partial charge in [-0.2, -0.15) is 4.37 Å². The highest BCUT2D eigenvalue weighted by molar-refractivity contribution is 7.85. The van der Waals surface area contributed by atoms with Gasteiger partial charge in [-0.15, -0.1) is 0 Å². The number of rotatable bonds is 3. The summed E-state index contributed by atoms with van der Waals surface area (Å²) in [7, 11) is 1.48. The SMILES string of the molecule is CCc1nsc(N(C)C2CCS(=O)CC2)n1. The number of aromatic nitrogens is 2. The summed E-state index contributed by atoms with van der Waals surface area (Å²) in [6.07, 6.45) is 2.90. The van der Waals surface area contributed by atoms with E-state index in [-0.39, 0.29) is 0 Å². The lowest BCUT2D eigenvalue weighted by Gasteiger charge is -2.30. The third kappa shape index (κ3) is 2.60. The number of anilines is 1. The molecule has 0 spiro atoms. The summed E-state index contributed by atoms with van der Waals surface area (Å²) in [6, 6.07) is 0.482. The molecule has 0 amide bonds. The smallest absolute Gasteiger partial charge is 0.205 e. The van der Waals surface area contributed by atoms with Crippen LogP contribution in [0.25, 0.3) is 0 Å². The molecule has 4 nitrogen and oxygen atoms in total. The van der Waals surface area contributed by atoms with Crippen molar-refractivity contribution >= 4 is 27.5 Å². The molecule has 1 fully saturated rings. The Hall–Kier alpha value is -0.490. The molecule has 0 atom stereocenters. The number of nitrogens with zero attached hydrogens (tertiary/aromatic N) is 3. The van der Waals surface area contributed by atoms with Crippen LogP contribution in [0.15, 0.2) is 0 Å². The second-order valence-corrected chi connectivity index (χ2v) is 6.46. The molecule has 0 bridgehead atoms. The Labute approximate surface area is 103 Å². The molecule has 0 N–H and O–H groups in total. The summed E-state index contributed by atoms with van der Waals surface area (Å²) < 4.78 is 15.6. The van der Waals surface area contributed by atoms with Crippen LogP contribution in [0.3, 0.4) is 0 Å². The summed E-state index contributed by atoms with van der Waals surface area (Å²) in [5.41, 5.74) is 0. The lowest BCUT2D eigenvalue weighted by Crippen LogP contribution is -2.37. The number of hydrogen-bond donors (Lipinski definition) is 0. The average Bonchev–Trinajstić information content (AvgIpc) is 2.77. The van der Waals surface area contributed by atoms with Gasteiger partial charge in [0.1, 0.15) is 5.82 Å². The van der Waals surface area contributed by atoms with Gasteiger partial charge in [-0.3, -0.25) is 4.21 Å². The van der Waals surface area contributed by atoms with E-state index in [1.165, 1.54) is 11.5 Å². The molecule has 2 heterocycles. The Morgan fingerprint density at radius 3 is 2.75 bits per heavy atom. The van der Waals surface area contributed by atoms with Gasteiger partial charge in [0.05, 0.1) is 0 Å². The second kappa shape index (κ2) is 5.23. The zero-order valence-electron chi connectivity index (χ0n) is 9.68. The number of hydrogen-bond acceptors (Lipinski definition) is 5. The summed E-state index contributed by atoms with van der Waals surface area (Å²) >= 11 is 1.47. The monoisotopic (exact) mass is 259 g/mol. The summed E-state index contributed by atoms with van der Waals surface area (Å²) in [4.78, 5) is 6.68. The highest BCUT2D eigenvalue weighted by atomic mass is 32.2. The van der Waals surface area contributed by atoms with Gasteiger partial charge < -0.3 is 4.90 Å². The Morgan fingerprint density at radius 2 is 2.19 bits per heavy atom. The normalized spacial score (nSPS) is 25.6. The minimum Gasteiger partial charge on any atom is -0.347 e. The van der Waals surface area contributed by atoms with E-state index in [0.29, 0.717) is 6.04 Å². The zero-order chi connectivity index (χ0) is 11.5. The van der Waals surface area contributed by atoms with Crippen LogP contribution in [-0.4, -0.2) is 38.2 Å². The van der Waals surface area contributed by atoms with E-state index in [2.05, 4.69) is 28.2 Å². The van der Waals surface area contributed by atoms with Gasteiger partial charge >= 0.3 is 0 Å². The third-order valence-corrected chi connectivity index (χ3v) is 5.21. The highest BCUT2D eigenvalue weighted by Gasteiger charge is 2.23. The van der Waals surface area contributed by atoms with Gasteiger partial charge in [0.15, 0.2) is 0 Å². The van der Waals surface area contributed by atoms with Crippen LogP contribution in [0.2, 0.25) is 0 Å². The fraction of sp³-hybridized carbons (Fsp3) is 0.800. The molecule has 16 heavy (non-hydrogen) atoms. The van der Waals surface area contributed by atoms with Gasteiger partial charge in [-0.25, -0.2) is 4.98 Å². The molecule has 2 rings (SSSR count). The lowest BCUT2D eigenvalue weighted by molar-refractivity contribution is 0.569. The largest absolute Gasteiger partial charge is 0.347 e. The molecule has 1 aromatic rings. The predicted molar refractivity (Wildman–Crippen MR) is 68.6 cm³/mol. The molecule has 6 heteroatoms. The molecule has 90 valence electrons. The minimum atomic E-state index is -0.590. The van der Waals surface area contributed by atoms with Crippen LogP contribution in [0, 0.1) is 0 Å². The molecule has 0 saturated carbocycles. The van der Waals surface area contributed by atoms with Crippen LogP contribution in [0.5, 0.6) is 0 Å². The molecule has 1 saturated heterocycles. The maximum atomic E-state index is 11.3. The van der Waals surface area contributed by atoms with E-state index in [1.54, 1.807) is 0 Å². The lowest BCUT2D eigenvalue weighted by atomic mass is 10.1. The van der Waals surface area contributed by atoms with Crippen molar-refractivity contribution in [1.29, 1.82) is 0 Å². The zero-order valence-corrected chi connectivity index (χ0v) is 11.3. The quantitative estimate of drug-likeness (QED) is 0.824. The van der Waals surface area contributed by atoms with Crippen LogP contribution in [0.1, 0.15) is 25.6 Å². The fourth-order valence-electron chi connectivity index (χ4n) is 1.86. The molecule has 0 unspecified atom stereocenters. The average molecular weight is 259 g/mol. The van der Waals surface area contributed by atoms with Crippen molar-refractivity contribution in [2.75, 3.05) is 23.5 Å². The number of aryl methyl sites for hydroxylation is 1. The topological polar surface area (TPSA) is 46.1 Å². The molecular weight excluding hydrogens is 242 g/mol. The first-order valence-electron chi connectivity index (χ1n) is 5.61. The van der Waals surface area contributed by atoms with Gasteiger partial charge in [0.25, 0.3) is 0 Å². The molecule has 1 aliphatic heterocycles. The first kappa shape index (κ1) is 12.0. The molecule has 0 aliphatic carbocycles. The molecule has 0 aromatic carbocycles. The molecule has 1 aliphatic rings. The molecular formula is C10H17N3OS2. The Bertz CT molecular complexity index is 370. The van der Waals surface area contributed by atoms with Gasteiger partial charge in [0, 0.05) is 53.3 Å². The van der Waals surface area contributed by atoms with E-state index in [1.807, 2.05) is 0 Å². The first-order chi connectivity index (χ1) is 7.70. The summed E-state index contributed by atoms with van der Waals surface area (Å²) in [6.45, 7) is 2.07. The summed E-state index contributed by atoms with van der Waals surface area (Å²) in [5, 5.41) is 0.995. The van der Waals surface area contributed by atoms with Crippen LogP contribution in [-0.2, 0) is 17.2 Å². The summed E-state index contributed by atoms with van der Waals surface area (Å²) in [5.74, 6) is 2.58. The van der Waals surface area contributed by atoms with Crippen molar-refractivity contribution in [3.8, 4) is 0 Å².